The molecule has 3 aromatic rings. The SMILES string of the molecule is CC1(n2cc(C(=O)c3cncc(N)c3)c3cncnc32)CC1. The molecular weight excluding hydrogens is 278 g/mol. The Morgan fingerprint density at radius 2 is 2.09 bits per heavy atom. The zero-order chi connectivity index (χ0) is 15.3. The number of hydrogen-bond acceptors (Lipinski definition) is 5. The first kappa shape index (κ1) is 12.9. The van der Waals surface area contributed by atoms with Crippen molar-refractivity contribution in [1.29, 1.82) is 0 Å². The molecule has 6 nitrogen and oxygen atoms in total. The highest BCUT2D eigenvalue weighted by atomic mass is 16.1. The summed E-state index contributed by atoms with van der Waals surface area (Å²) in [6, 6.07) is 1.64. The minimum atomic E-state index is -0.109. The van der Waals surface area contributed by atoms with Crippen LogP contribution in [0.15, 0.2) is 37.2 Å². The second-order valence-electron chi connectivity index (χ2n) is 6.01. The van der Waals surface area contributed by atoms with Gasteiger partial charge in [0.05, 0.1) is 11.3 Å². The van der Waals surface area contributed by atoms with Crippen LogP contribution in [0.3, 0.4) is 0 Å². The smallest absolute Gasteiger partial charge is 0.196 e. The van der Waals surface area contributed by atoms with Gasteiger partial charge in [-0.25, -0.2) is 9.97 Å². The minimum absolute atomic E-state index is 0.0547. The summed E-state index contributed by atoms with van der Waals surface area (Å²) >= 11 is 0. The minimum Gasteiger partial charge on any atom is -0.397 e. The third kappa shape index (κ3) is 1.88. The first-order chi connectivity index (χ1) is 10.6. The fourth-order valence-electron chi connectivity index (χ4n) is 2.72. The molecule has 1 aliphatic carbocycles. The molecule has 0 spiro atoms. The average molecular weight is 293 g/mol. The number of rotatable bonds is 3. The van der Waals surface area contributed by atoms with E-state index in [-0.39, 0.29) is 11.3 Å². The standard InChI is InChI=1S/C16H15N5O/c1-16(2-3-16)21-8-13(12-7-19-9-20-15(12)21)14(22)10-4-11(17)6-18-5-10/h4-9H,2-3,17H2,1H3. The second kappa shape index (κ2) is 4.37. The number of hydrogen-bond donors (Lipinski definition) is 1. The lowest BCUT2D eigenvalue weighted by Crippen LogP contribution is -2.11. The Labute approximate surface area is 127 Å². The predicted molar refractivity (Wildman–Crippen MR) is 82.5 cm³/mol. The summed E-state index contributed by atoms with van der Waals surface area (Å²) < 4.78 is 2.09. The summed E-state index contributed by atoms with van der Waals surface area (Å²) in [5.41, 5.74) is 8.12. The second-order valence-corrected chi connectivity index (χ2v) is 6.01. The molecule has 22 heavy (non-hydrogen) atoms. The molecule has 1 saturated carbocycles. The number of ketones is 1. The Bertz CT molecular complexity index is 894. The number of carbonyl (C=O) groups is 1. The molecule has 110 valence electrons. The van der Waals surface area contributed by atoms with Gasteiger partial charge in [0, 0.05) is 41.3 Å². The van der Waals surface area contributed by atoms with Crippen LogP contribution in [0.2, 0.25) is 0 Å². The van der Waals surface area contributed by atoms with Gasteiger partial charge in [-0.1, -0.05) is 0 Å². The fourth-order valence-corrected chi connectivity index (χ4v) is 2.72. The molecule has 1 fully saturated rings. The van der Waals surface area contributed by atoms with Crippen molar-refractivity contribution in [2.75, 3.05) is 5.73 Å². The van der Waals surface area contributed by atoms with Crippen LogP contribution < -0.4 is 5.73 Å². The van der Waals surface area contributed by atoms with E-state index < -0.39 is 0 Å². The van der Waals surface area contributed by atoms with Crippen LogP contribution in [0.1, 0.15) is 35.7 Å². The lowest BCUT2D eigenvalue weighted by molar-refractivity contribution is 0.103. The molecule has 0 radical (unpaired) electrons. The molecule has 0 saturated heterocycles. The van der Waals surface area contributed by atoms with Crippen LogP contribution >= 0.6 is 0 Å². The van der Waals surface area contributed by atoms with E-state index in [0.717, 1.165) is 23.9 Å². The van der Waals surface area contributed by atoms with Crippen molar-refractivity contribution in [3.63, 3.8) is 0 Å². The topological polar surface area (TPSA) is 86.7 Å². The molecule has 4 rings (SSSR count). The number of nitrogen functional groups attached to an aromatic ring is 1. The predicted octanol–water partition coefficient (Wildman–Crippen LogP) is 2.15. The molecule has 0 atom stereocenters. The van der Waals surface area contributed by atoms with Crippen molar-refractivity contribution in [2.45, 2.75) is 25.3 Å². The highest BCUT2D eigenvalue weighted by Gasteiger charge is 2.41. The lowest BCUT2D eigenvalue weighted by Gasteiger charge is -2.11. The number of nitrogens with zero attached hydrogens (tertiary/aromatic N) is 4. The van der Waals surface area contributed by atoms with E-state index in [9.17, 15) is 4.79 Å². The number of aromatic nitrogens is 4. The van der Waals surface area contributed by atoms with E-state index in [0.29, 0.717) is 16.8 Å². The van der Waals surface area contributed by atoms with Crippen LogP contribution in [-0.4, -0.2) is 25.3 Å². The monoisotopic (exact) mass is 293 g/mol. The highest BCUT2D eigenvalue weighted by Crippen LogP contribution is 2.45. The summed E-state index contributed by atoms with van der Waals surface area (Å²) in [6.07, 6.45) is 10.3. The number of fused-ring (bicyclic) bond motifs is 1. The van der Waals surface area contributed by atoms with Crippen molar-refractivity contribution in [1.82, 2.24) is 19.5 Å². The molecule has 3 aromatic heterocycles. The van der Waals surface area contributed by atoms with Crippen molar-refractivity contribution >= 4 is 22.5 Å². The van der Waals surface area contributed by atoms with Gasteiger partial charge in [-0.3, -0.25) is 9.78 Å². The van der Waals surface area contributed by atoms with Gasteiger partial charge in [0.2, 0.25) is 0 Å². The van der Waals surface area contributed by atoms with Crippen molar-refractivity contribution in [3.05, 3.63) is 48.3 Å². The number of nitrogens with two attached hydrogens (primary N) is 1. The largest absolute Gasteiger partial charge is 0.397 e. The molecule has 0 amide bonds. The summed E-state index contributed by atoms with van der Waals surface area (Å²) in [4.78, 5) is 25.2. The lowest BCUT2D eigenvalue weighted by atomic mass is 10.1. The Morgan fingerprint density at radius 1 is 1.27 bits per heavy atom. The maximum absolute atomic E-state index is 12.8. The van der Waals surface area contributed by atoms with Crippen molar-refractivity contribution in [3.8, 4) is 0 Å². The molecule has 0 aliphatic heterocycles. The van der Waals surface area contributed by atoms with Crippen LogP contribution in [0.25, 0.3) is 11.0 Å². The average Bonchev–Trinajstić information content (AvgIpc) is 3.14. The molecular formula is C16H15N5O. The van der Waals surface area contributed by atoms with Gasteiger partial charge >= 0.3 is 0 Å². The van der Waals surface area contributed by atoms with Gasteiger partial charge in [0.25, 0.3) is 0 Å². The van der Waals surface area contributed by atoms with Crippen molar-refractivity contribution in [2.24, 2.45) is 0 Å². The molecule has 2 N–H and O–H groups in total. The summed E-state index contributed by atoms with van der Waals surface area (Å²) in [6.45, 7) is 2.17. The molecule has 0 aromatic carbocycles. The Kier molecular flexibility index (Phi) is 2.57. The quantitative estimate of drug-likeness (QED) is 0.748. The normalized spacial score (nSPS) is 15.9. The van der Waals surface area contributed by atoms with Gasteiger partial charge < -0.3 is 10.3 Å². The Balaban J connectivity index is 1.90. The van der Waals surface area contributed by atoms with Gasteiger partial charge in [-0.15, -0.1) is 0 Å². The number of pyridine rings is 1. The van der Waals surface area contributed by atoms with E-state index in [1.54, 1.807) is 12.3 Å². The molecule has 0 bridgehead atoms. The van der Waals surface area contributed by atoms with Crippen LogP contribution in [0.5, 0.6) is 0 Å². The molecule has 6 heteroatoms. The summed E-state index contributed by atoms with van der Waals surface area (Å²) in [5.74, 6) is -0.109. The van der Waals surface area contributed by atoms with Gasteiger partial charge in [-0.2, -0.15) is 0 Å². The van der Waals surface area contributed by atoms with Crippen LogP contribution in [0, 0.1) is 0 Å². The first-order valence-corrected chi connectivity index (χ1v) is 7.15. The fraction of sp³-hybridized carbons (Fsp3) is 0.250. The van der Waals surface area contributed by atoms with E-state index >= 15 is 0 Å². The van der Waals surface area contributed by atoms with Crippen molar-refractivity contribution < 1.29 is 4.79 Å². The number of anilines is 1. The zero-order valence-corrected chi connectivity index (χ0v) is 12.2. The third-order valence-electron chi connectivity index (χ3n) is 4.29. The first-order valence-electron chi connectivity index (χ1n) is 7.15. The zero-order valence-electron chi connectivity index (χ0n) is 12.2. The highest BCUT2D eigenvalue weighted by molar-refractivity contribution is 6.16. The number of carbonyl (C=O) groups excluding carboxylic acids is 1. The summed E-state index contributed by atoms with van der Waals surface area (Å²) in [5, 5.41) is 0.767. The van der Waals surface area contributed by atoms with E-state index in [2.05, 4.69) is 26.4 Å². The van der Waals surface area contributed by atoms with E-state index in [4.69, 9.17) is 5.73 Å². The van der Waals surface area contributed by atoms with Gasteiger partial charge in [0.15, 0.2) is 5.78 Å². The Morgan fingerprint density at radius 3 is 2.82 bits per heavy atom. The van der Waals surface area contributed by atoms with Crippen LogP contribution in [-0.2, 0) is 5.54 Å². The maximum atomic E-state index is 12.8. The molecule has 3 heterocycles. The van der Waals surface area contributed by atoms with Gasteiger partial charge in [-0.05, 0) is 25.8 Å². The molecule has 0 unspecified atom stereocenters. The van der Waals surface area contributed by atoms with E-state index in [1.165, 1.54) is 18.7 Å². The third-order valence-corrected chi connectivity index (χ3v) is 4.29. The molecule has 1 aliphatic rings. The Hall–Kier alpha value is -2.76. The summed E-state index contributed by atoms with van der Waals surface area (Å²) in [7, 11) is 0. The maximum Gasteiger partial charge on any atom is 0.196 e. The van der Waals surface area contributed by atoms with Gasteiger partial charge in [0.1, 0.15) is 12.0 Å². The van der Waals surface area contributed by atoms with Crippen LogP contribution in [0.4, 0.5) is 5.69 Å². The van der Waals surface area contributed by atoms with E-state index in [1.807, 2.05) is 6.20 Å².